The van der Waals surface area contributed by atoms with Crippen molar-refractivity contribution in [3.8, 4) is 23.3 Å². The maximum atomic E-state index is 13.0. The molecular formula is C27H18Br2N2O5. The molecule has 1 aliphatic heterocycles. The summed E-state index contributed by atoms with van der Waals surface area (Å²) < 4.78 is 24.4. The molecule has 0 bridgehead atoms. The summed E-state index contributed by atoms with van der Waals surface area (Å²) in [7, 11) is 1.56. The van der Waals surface area contributed by atoms with Crippen LogP contribution in [-0.2, 0) is 0 Å². The van der Waals surface area contributed by atoms with Crippen LogP contribution in [0.3, 0.4) is 0 Å². The van der Waals surface area contributed by atoms with E-state index in [9.17, 15) is 10.1 Å². The first kappa shape index (κ1) is 24.0. The smallest absolute Gasteiger partial charge is 0.379 e. The Balaban J connectivity index is 1.52. The fourth-order valence-electron chi connectivity index (χ4n) is 4.29. The van der Waals surface area contributed by atoms with E-state index in [1.807, 2.05) is 30.3 Å². The SMILES string of the molecule is COc1ccc(Br)cc1C1C(C#N)=C(N)Oc2cc(OC(=O)c3oc4ccc(Br)cc4c3C)ccc21. The van der Waals surface area contributed by atoms with Crippen LogP contribution < -0.4 is 19.9 Å². The zero-order chi connectivity index (χ0) is 25.6. The molecule has 9 heteroatoms. The highest BCUT2D eigenvalue weighted by Gasteiger charge is 2.33. The number of nitrogens with two attached hydrogens (primary N) is 1. The Kier molecular flexibility index (Phi) is 6.24. The van der Waals surface area contributed by atoms with Gasteiger partial charge in [0.15, 0.2) is 0 Å². The highest BCUT2D eigenvalue weighted by molar-refractivity contribution is 9.10. The van der Waals surface area contributed by atoms with Gasteiger partial charge in [0.1, 0.15) is 34.5 Å². The van der Waals surface area contributed by atoms with Gasteiger partial charge in [0.2, 0.25) is 11.6 Å². The molecule has 0 spiro atoms. The number of fused-ring (bicyclic) bond motifs is 2. The van der Waals surface area contributed by atoms with Crippen molar-refractivity contribution in [2.24, 2.45) is 5.73 Å². The number of methoxy groups -OCH3 is 1. The van der Waals surface area contributed by atoms with Gasteiger partial charge in [-0.1, -0.05) is 37.9 Å². The fraction of sp³-hybridized carbons (Fsp3) is 0.111. The minimum atomic E-state index is -0.637. The molecule has 0 amide bonds. The van der Waals surface area contributed by atoms with Gasteiger partial charge in [0, 0.05) is 37.1 Å². The van der Waals surface area contributed by atoms with E-state index in [2.05, 4.69) is 37.9 Å². The van der Waals surface area contributed by atoms with Gasteiger partial charge < -0.3 is 24.4 Å². The summed E-state index contributed by atoms with van der Waals surface area (Å²) in [6.07, 6.45) is 0. The van der Waals surface area contributed by atoms with E-state index in [-0.39, 0.29) is 23.0 Å². The summed E-state index contributed by atoms with van der Waals surface area (Å²) >= 11 is 6.92. The van der Waals surface area contributed by atoms with Crippen LogP contribution in [0.5, 0.6) is 17.2 Å². The van der Waals surface area contributed by atoms with Gasteiger partial charge in [0.05, 0.1) is 13.0 Å². The summed E-state index contributed by atoms with van der Waals surface area (Å²) in [4.78, 5) is 13.0. The van der Waals surface area contributed by atoms with Crippen molar-refractivity contribution in [3.63, 3.8) is 0 Å². The highest BCUT2D eigenvalue weighted by atomic mass is 79.9. The van der Waals surface area contributed by atoms with Crippen molar-refractivity contribution in [2.75, 3.05) is 7.11 Å². The maximum absolute atomic E-state index is 13.0. The Morgan fingerprint density at radius 3 is 2.56 bits per heavy atom. The van der Waals surface area contributed by atoms with Crippen molar-refractivity contribution in [3.05, 3.63) is 97.4 Å². The molecule has 0 saturated carbocycles. The zero-order valence-corrected chi connectivity index (χ0v) is 22.3. The number of halogens is 2. The molecule has 1 atom stereocenters. The van der Waals surface area contributed by atoms with Gasteiger partial charge in [-0.25, -0.2) is 4.79 Å². The monoisotopic (exact) mass is 608 g/mol. The number of furan rings is 1. The van der Waals surface area contributed by atoms with Crippen molar-refractivity contribution in [1.29, 1.82) is 5.26 Å². The maximum Gasteiger partial charge on any atom is 0.379 e. The molecular weight excluding hydrogens is 592 g/mol. The summed E-state index contributed by atoms with van der Waals surface area (Å²) in [5, 5.41) is 10.7. The van der Waals surface area contributed by atoms with E-state index < -0.39 is 11.9 Å². The van der Waals surface area contributed by atoms with Crippen molar-refractivity contribution in [1.82, 2.24) is 0 Å². The second-order valence-corrected chi connectivity index (χ2v) is 9.93. The van der Waals surface area contributed by atoms with Gasteiger partial charge >= 0.3 is 5.97 Å². The normalized spacial score (nSPS) is 14.7. The lowest BCUT2D eigenvalue weighted by Gasteiger charge is -2.27. The topological polar surface area (TPSA) is 108 Å². The van der Waals surface area contributed by atoms with Crippen molar-refractivity contribution in [2.45, 2.75) is 12.8 Å². The standard InChI is InChI=1S/C27H18Br2N2O5/c1-13-18-9-14(28)4-8-22(18)35-25(13)27(32)34-16-5-6-17-23(11-16)36-26(31)20(12-30)24(17)19-10-15(29)3-7-21(19)33-2/h3-11,24H,31H2,1-2H3. The average Bonchev–Trinajstić information content (AvgIpc) is 3.18. The average molecular weight is 610 g/mol. The lowest BCUT2D eigenvalue weighted by Crippen LogP contribution is -2.21. The molecule has 0 fully saturated rings. The summed E-state index contributed by atoms with van der Waals surface area (Å²) in [5.41, 5.74) is 9.08. The third-order valence-corrected chi connectivity index (χ3v) is 6.97. The van der Waals surface area contributed by atoms with Gasteiger partial charge in [-0.15, -0.1) is 0 Å². The summed E-state index contributed by atoms with van der Waals surface area (Å²) in [6.45, 7) is 1.80. The van der Waals surface area contributed by atoms with E-state index in [1.54, 1.807) is 38.3 Å². The van der Waals surface area contributed by atoms with Crippen LogP contribution in [0.15, 0.2) is 79.4 Å². The summed E-state index contributed by atoms with van der Waals surface area (Å²) in [5.74, 6) is 0.124. The number of nitrogens with zero attached hydrogens (tertiary/aromatic N) is 1. The minimum absolute atomic E-state index is 0.0285. The Labute approximate surface area is 223 Å². The number of carbonyl (C=O) groups is 1. The number of allylic oxidation sites excluding steroid dienone is 1. The molecule has 0 saturated heterocycles. The zero-order valence-electron chi connectivity index (χ0n) is 19.1. The Morgan fingerprint density at radius 1 is 1.06 bits per heavy atom. The van der Waals surface area contributed by atoms with Gasteiger partial charge in [-0.05, 0) is 49.4 Å². The molecule has 2 N–H and O–H groups in total. The molecule has 5 rings (SSSR count). The first-order valence-corrected chi connectivity index (χ1v) is 12.3. The third-order valence-electron chi connectivity index (χ3n) is 5.99. The molecule has 36 heavy (non-hydrogen) atoms. The number of hydrogen-bond donors (Lipinski definition) is 1. The number of nitriles is 1. The van der Waals surface area contributed by atoms with E-state index in [0.29, 0.717) is 28.2 Å². The molecule has 0 radical (unpaired) electrons. The van der Waals surface area contributed by atoms with Gasteiger partial charge in [-0.3, -0.25) is 0 Å². The van der Waals surface area contributed by atoms with Crippen LogP contribution in [0.2, 0.25) is 0 Å². The molecule has 180 valence electrons. The Hall–Kier alpha value is -3.74. The lowest BCUT2D eigenvalue weighted by atomic mass is 9.83. The number of ether oxygens (including phenoxy) is 3. The molecule has 1 aliphatic rings. The van der Waals surface area contributed by atoms with Gasteiger partial charge in [-0.2, -0.15) is 5.26 Å². The number of benzene rings is 3. The third kappa shape index (κ3) is 4.12. The van der Waals surface area contributed by atoms with E-state index in [0.717, 1.165) is 19.9 Å². The Bertz CT molecular complexity index is 1620. The predicted octanol–water partition coefficient (Wildman–Crippen LogP) is 6.71. The van der Waals surface area contributed by atoms with Crippen LogP contribution in [0, 0.1) is 18.3 Å². The molecule has 1 aromatic heterocycles. The highest BCUT2D eigenvalue weighted by Crippen LogP contribution is 2.46. The minimum Gasteiger partial charge on any atom is -0.496 e. The first-order valence-electron chi connectivity index (χ1n) is 10.8. The predicted molar refractivity (Wildman–Crippen MR) is 140 cm³/mol. The fourth-order valence-corrected chi connectivity index (χ4v) is 5.03. The summed E-state index contributed by atoms with van der Waals surface area (Å²) in [6, 6.07) is 18.2. The molecule has 0 aliphatic carbocycles. The second kappa shape index (κ2) is 9.37. The molecule has 1 unspecified atom stereocenters. The molecule has 3 aromatic carbocycles. The molecule has 4 aromatic rings. The van der Waals surface area contributed by atoms with Crippen LogP contribution in [0.25, 0.3) is 11.0 Å². The van der Waals surface area contributed by atoms with E-state index >= 15 is 0 Å². The number of hydrogen-bond acceptors (Lipinski definition) is 7. The van der Waals surface area contributed by atoms with Crippen LogP contribution in [0.4, 0.5) is 0 Å². The number of aryl methyl sites for hydroxylation is 1. The first-order chi connectivity index (χ1) is 17.3. The quantitative estimate of drug-likeness (QED) is 0.202. The number of carbonyl (C=O) groups excluding carboxylic acids is 1. The lowest BCUT2D eigenvalue weighted by molar-refractivity contribution is 0.0702. The number of esters is 1. The van der Waals surface area contributed by atoms with Crippen molar-refractivity contribution >= 4 is 48.8 Å². The van der Waals surface area contributed by atoms with E-state index in [1.165, 1.54) is 0 Å². The van der Waals surface area contributed by atoms with Crippen molar-refractivity contribution < 1.29 is 23.4 Å². The van der Waals surface area contributed by atoms with Gasteiger partial charge in [0.25, 0.3) is 0 Å². The molecule has 2 heterocycles. The molecule has 7 nitrogen and oxygen atoms in total. The van der Waals surface area contributed by atoms with Crippen LogP contribution >= 0.6 is 31.9 Å². The Morgan fingerprint density at radius 2 is 1.81 bits per heavy atom. The van der Waals surface area contributed by atoms with E-state index in [4.69, 9.17) is 24.4 Å². The van der Waals surface area contributed by atoms with Crippen LogP contribution in [0.1, 0.15) is 33.2 Å². The van der Waals surface area contributed by atoms with Crippen LogP contribution in [-0.4, -0.2) is 13.1 Å². The largest absolute Gasteiger partial charge is 0.496 e. The number of rotatable bonds is 4. The second-order valence-electron chi connectivity index (χ2n) is 8.10.